The summed E-state index contributed by atoms with van der Waals surface area (Å²) in [4.78, 5) is 15.8. The van der Waals surface area contributed by atoms with Crippen LogP contribution in [0.4, 0.5) is 11.5 Å². The van der Waals surface area contributed by atoms with Crippen molar-refractivity contribution in [1.82, 2.24) is 9.38 Å². The topological polar surface area (TPSA) is 59.1 Å². The minimum atomic E-state index is 0.0385. The number of azo groups is 1. The van der Waals surface area contributed by atoms with E-state index in [1.807, 2.05) is 36.6 Å². The molecule has 2 heterocycles. The molecule has 1 aromatic carbocycles. The molecule has 3 rings (SSSR count). The van der Waals surface area contributed by atoms with E-state index in [-0.39, 0.29) is 5.78 Å². The van der Waals surface area contributed by atoms with Crippen molar-refractivity contribution >= 4 is 22.9 Å². The Morgan fingerprint density at radius 1 is 1.09 bits per heavy atom. The molecular weight excluding hydrogens is 276 g/mol. The summed E-state index contributed by atoms with van der Waals surface area (Å²) in [6.07, 6.45) is 1.93. The van der Waals surface area contributed by atoms with Crippen LogP contribution in [-0.4, -0.2) is 15.2 Å². The molecule has 0 radical (unpaired) electrons. The van der Waals surface area contributed by atoms with Crippen LogP contribution < -0.4 is 0 Å². The summed E-state index contributed by atoms with van der Waals surface area (Å²) in [7, 11) is 0. The minimum Gasteiger partial charge on any atom is -0.295 e. The first-order valence-electron chi connectivity index (χ1n) is 7.03. The van der Waals surface area contributed by atoms with E-state index in [1.165, 1.54) is 0 Å². The number of pyridine rings is 1. The summed E-state index contributed by atoms with van der Waals surface area (Å²) in [5.41, 5.74) is 4.18. The Morgan fingerprint density at radius 2 is 1.82 bits per heavy atom. The fourth-order valence-corrected chi connectivity index (χ4v) is 2.29. The van der Waals surface area contributed by atoms with E-state index in [0.717, 1.165) is 16.9 Å². The van der Waals surface area contributed by atoms with Gasteiger partial charge in [-0.3, -0.25) is 9.20 Å². The number of ketones is 1. The molecule has 110 valence electrons. The molecule has 0 aliphatic heterocycles. The van der Waals surface area contributed by atoms with Crippen molar-refractivity contribution in [3.63, 3.8) is 0 Å². The molecule has 0 amide bonds. The Kier molecular flexibility index (Phi) is 3.55. The van der Waals surface area contributed by atoms with E-state index in [0.29, 0.717) is 17.1 Å². The molecule has 0 bridgehead atoms. The first-order valence-corrected chi connectivity index (χ1v) is 7.03. The van der Waals surface area contributed by atoms with Crippen LogP contribution in [0.2, 0.25) is 0 Å². The number of imidazole rings is 1. The van der Waals surface area contributed by atoms with Crippen molar-refractivity contribution in [2.45, 2.75) is 20.8 Å². The van der Waals surface area contributed by atoms with Gasteiger partial charge in [0.1, 0.15) is 5.65 Å². The van der Waals surface area contributed by atoms with Gasteiger partial charge in [-0.05, 0) is 56.7 Å². The molecule has 5 nitrogen and oxygen atoms in total. The van der Waals surface area contributed by atoms with Crippen LogP contribution in [0.15, 0.2) is 52.8 Å². The van der Waals surface area contributed by atoms with Gasteiger partial charge in [0, 0.05) is 11.8 Å². The van der Waals surface area contributed by atoms with Crippen LogP contribution in [0.1, 0.15) is 28.5 Å². The third-order valence-corrected chi connectivity index (χ3v) is 3.52. The monoisotopic (exact) mass is 292 g/mol. The summed E-state index contributed by atoms with van der Waals surface area (Å²) in [5.74, 6) is 0.755. The van der Waals surface area contributed by atoms with Crippen molar-refractivity contribution in [1.29, 1.82) is 0 Å². The standard InChI is InChI=1S/C17H16N4O/c1-11-5-4-10-21-16(11)18-12(2)17(21)20-19-15-8-6-14(7-9-15)13(3)22/h4-10H,1-3H3. The van der Waals surface area contributed by atoms with Crippen molar-refractivity contribution < 1.29 is 4.79 Å². The Labute approximate surface area is 128 Å². The maximum Gasteiger partial charge on any atom is 0.182 e. The molecule has 2 aromatic heterocycles. The van der Waals surface area contributed by atoms with Crippen LogP contribution in [-0.2, 0) is 0 Å². The quantitative estimate of drug-likeness (QED) is 0.524. The summed E-state index contributed by atoms with van der Waals surface area (Å²) in [6, 6.07) is 11.0. The number of nitrogens with zero attached hydrogens (tertiary/aromatic N) is 4. The van der Waals surface area contributed by atoms with Crippen molar-refractivity contribution in [2.75, 3.05) is 0 Å². The zero-order valence-electron chi connectivity index (χ0n) is 12.7. The number of hydrogen-bond acceptors (Lipinski definition) is 4. The van der Waals surface area contributed by atoms with Gasteiger partial charge in [-0.15, -0.1) is 10.2 Å². The lowest BCUT2D eigenvalue weighted by Crippen LogP contribution is -1.89. The number of aryl methyl sites for hydroxylation is 2. The molecular formula is C17H16N4O. The fourth-order valence-electron chi connectivity index (χ4n) is 2.29. The molecule has 0 saturated heterocycles. The predicted octanol–water partition coefficient (Wildman–Crippen LogP) is 4.57. The molecule has 5 heteroatoms. The van der Waals surface area contributed by atoms with Crippen LogP contribution in [0.3, 0.4) is 0 Å². The lowest BCUT2D eigenvalue weighted by atomic mass is 10.1. The molecule has 0 saturated carbocycles. The van der Waals surface area contributed by atoms with Gasteiger partial charge in [0.15, 0.2) is 11.6 Å². The average Bonchev–Trinajstić information content (AvgIpc) is 2.83. The SMILES string of the molecule is CC(=O)c1ccc(N=Nc2c(C)nc3c(C)cccn23)cc1. The molecule has 0 unspecified atom stereocenters. The van der Waals surface area contributed by atoms with Crippen molar-refractivity contribution in [3.05, 3.63) is 59.4 Å². The normalized spacial score (nSPS) is 11.4. The number of benzene rings is 1. The molecule has 0 atom stereocenters. The Hall–Kier alpha value is -2.82. The summed E-state index contributed by atoms with van der Waals surface area (Å²) >= 11 is 0. The zero-order chi connectivity index (χ0) is 15.7. The number of Topliss-reactive ketones (excluding diaryl/α,β-unsaturated/α-hetero) is 1. The molecule has 22 heavy (non-hydrogen) atoms. The maximum absolute atomic E-state index is 11.3. The minimum absolute atomic E-state index is 0.0385. The van der Waals surface area contributed by atoms with E-state index in [2.05, 4.69) is 15.2 Å². The highest BCUT2D eigenvalue weighted by Gasteiger charge is 2.09. The zero-order valence-corrected chi connectivity index (χ0v) is 12.7. The average molecular weight is 292 g/mol. The molecule has 0 N–H and O–H groups in total. The largest absolute Gasteiger partial charge is 0.295 e. The van der Waals surface area contributed by atoms with Gasteiger partial charge in [-0.2, -0.15) is 0 Å². The second-order valence-corrected chi connectivity index (χ2v) is 5.21. The predicted molar refractivity (Wildman–Crippen MR) is 85.3 cm³/mol. The first kappa shape index (κ1) is 14.1. The van der Waals surface area contributed by atoms with Gasteiger partial charge >= 0.3 is 0 Å². The van der Waals surface area contributed by atoms with Crippen LogP contribution >= 0.6 is 0 Å². The van der Waals surface area contributed by atoms with Crippen LogP contribution in [0.5, 0.6) is 0 Å². The molecule has 0 fully saturated rings. The van der Waals surface area contributed by atoms with E-state index < -0.39 is 0 Å². The number of carbonyl (C=O) groups excluding carboxylic acids is 1. The second-order valence-electron chi connectivity index (χ2n) is 5.21. The first-order chi connectivity index (χ1) is 10.6. The Bertz CT molecular complexity index is 876. The summed E-state index contributed by atoms with van der Waals surface area (Å²) < 4.78 is 1.93. The number of hydrogen-bond donors (Lipinski definition) is 0. The van der Waals surface area contributed by atoms with E-state index >= 15 is 0 Å². The van der Waals surface area contributed by atoms with Crippen LogP contribution in [0, 0.1) is 13.8 Å². The summed E-state index contributed by atoms with van der Waals surface area (Å²) in [6.45, 7) is 5.48. The molecule has 0 spiro atoms. The number of carbonyl (C=O) groups is 1. The number of rotatable bonds is 3. The van der Waals surface area contributed by atoms with Gasteiger partial charge in [-0.1, -0.05) is 6.07 Å². The molecule has 3 aromatic rings. The van der Waals surface area contributed by atoms with E-state index in [1.54, 1.807) is 31.2 Å². The van der Waals surface area contributed by atoms with Gasteiger partial charge in [0.05, 0.1) is 11.4 Å². The van der Waals surface area contributed by atoms with E-state index in [9.17, 15) is 4.79 Å². The third-order valence-electron chi connectivity index (χ3n) is 3.52. The van der Waals surface area contributed by atoms with E-state index in [4.69, 9.17) is 0 Å². The Balaban J connectivity index is 1.97. The number of fused-ring (bicyclic) bond motifs is 1. The van der Waals surface area contributed by atoms with Crippen molar-refractivity contribution in [2.24, 2.45) is 10.2 Å². The summed E-state index contributed by atoms with van der Waals surface area (Å²) in [5, 5.41) is 8.56. The molecule has 0 aliphatic carbocycles. The highest BCUT2D eigenvalue weighted by Crippen LogP contribution is 2.25. The van der Waals surface area contributed by atoms with Gasteiger partial charge in [0.25, 0.3) is 0 Å². The van der Waals surface area contributed by atoms with Gasteiger partial charge in [-0.25, -0.2) is 4.98 Å². The van der Waals surface area contributed by atoms with Crippen molar-refractivity contribution in [3.8, 4) is 0 Å². The highest BCUT2D eigenvalue weighted by atomic mass is 16.1. The number of aromatic nitrogens is 2. The van der Waals surface area contributed by atoms with Gasteiger partial charge < -0.3 is 0 Å². The Morgan fingerprint density at radius 3 is 2.50 bits per heavy atom. The highest BCUT2D eigenvalue weighted by molar-refractivity contribution is 5.94. The fraction of sp³-hybridized carbons (Fsp3) is 0.176. The maximum atomic E-state index is 11.3. The van der Waals surface area contributed by atoms with Crippen LogP contribution in [0.25, 0.3) is 5.65 Å². The lowest BCUT2D eigenvalue weighted by molar-refractivity contribution is 0.101. The third kappa shape index (κ3) is 2.53. The second kappa shape index (κ2) is 5.52. The smallest absolute Gasteiger partial charge is 0.182 e. The molecule has 0 aliphatic rings. The van der Waals surface area contributed by atoms with Gasteiger partial charge in [0.2, 0.25) is 0 Å². The lowest BCUT2D eigenvalue weighted by Gasteiger charge is -1.99.